The molecule has 2 aromatic rings. The minimum Gasteiger partial charge on any atom is -0.461 e. The van der Waals surface area contributed by atoms with E-state index in [1.165, 1.54) is 0 Å². The van der Waals surface area contributed by atoms with Gasteiger partial charge in [0.25, 0.3) is 5.91 Å². The third-order valence-electron chi connectivity index (χ3n) is 4.78. The third-order valence-corrected chi connectivity index (χ3v) is 4.78. The van der Waals surface area contributed by atoms with Crippen molar-refractivity contribution in [1.29, 1.82) is 0 Å². The maximum Gasteiger partial charge on any atom is 0.355 e. The summed E-state index contributed by atoms with van der Waals surface area (Å²) >= 11 is 0. The van der Waals surface area contributed by atoms with Gasteiger partial charge in [-0.3, -0.25) is 9.59 Å². The molecule has 8 nitrogen and oxygen atoms in total. The Morgan fingerprint density at radius 2 is 1.68 bits per heavy atom. The van der Waals surface area contributed by atoms with Crippen LogP contribution in [0.2, 0.25) is 0 Å². The fraction of sp³-hybridized carbons (Fsp3) is 0.391. The molecule has 2 rings (SSSR count). The van der Waals surface area contributed by atoms with Crippen molar-refractivity contribution in [2.75, 3.05) is 13.2 Å². The normalized spacial score (nSPS) is 11.7. The Hall–Kier alpha value is -3.42. The number of aromatic amines is 1. The Labute approximate surface area is 181 Å². The lowest BCUT2D eigenvalue weighted by Gasteiger charge is -2.20. The van der Waals surface area contributed by atoms with E-state index in [1.807, 2.05) is 0 Å². The predicted octanol–water partition coefficient (Wildman–Crippen LogP) is 2.99. The van der Waals surface area contributed by atoms with Gasteiger partial charge in [-0.1, -0.05) is 32.0 Å². The molecule has 2 N–H and O–H groups in total. The smallest absolute Gasteiger partial charge is 0.355 e. The second kappa shape index (κ2) is 10.6. The highest BCUT2D eigenvalue weighted by Crippen LogP contribution is 2.20. The van der Waals surface area contributed by atoms with E-state index in [2.05, 4.69) is 10.3 Å². The van der Waals surface area contributed by atoms with Crippen molar-refractivity contribution in [3.05, 3.63) is 58.4 Å². The summed E-state index contributed by atoms with van der Waals surface area (Å²) in [5, 5.41) is 2.66. The summed E-state index contributed by atoms with van der Waals surface area (Å²) in [6, 6.07) is 7.60. The van der Waals surface area contributed by atoms with Crippen molar-refractivity contribution in [3.63, 3.8) is 0 Å². The number of aromatic nitrogens is 1. The Morgan fingerprint density at radius 1 is 1.03 bits per heavy atom. The van der Waals surface area contributed by atoms with Crippen LogP contribution in [0.15, 0.2) is 30.3 Å². The van der Waals surface area contributed by atoms with E-state index in [1.54, 1.807) is 65.0 Å². The summed E-state index contributed by atoms with van der Waals surface area (Å²) in [5.74, 6) is -2.36. The summed E-state index contributed by atoms with van der Waals surface area (Å²) in [6.07, 6.45) is 0. The van der Waals surface area contributed by atoms with Gasteiger partial charge < -0.3 is 19.8 Å². The summed E-state index contributed by atoms with van der Waals surface area (Å²) in [5.41, 5.74) is 1.82. The highest BCUT2D eigenvalue weighted by Gasteiger charge is 2.28. The molecule has 1 atom stereocenters. The molecule has 0 spiro atoms. The van der Waals surface area contributed by atoms with Crippen LogP contribution in [0.5, 0.6) is 0 Å². The van der Waals surface area contributed by atoms with Crippen LogP contribution in [-0.2, 0) is 14.3 Å². The Balaban J connectivity index is 2.07. The van der Waals surface area contributed by atoms with Crippen molar-refractivity contribution >= 4 is 23.6 Å². The zero-order chi connectivity index (χ0) is 23.1. The summed E-state index contributed by atoms with van der Waals surface area (Å²) < 4.78 is 10.2. The van der Waals surface area contributed by atoms with Gasteiger partial charge in [-0.05, 0) is 44.4 Å². The average Bonchev–Trinajstić information content (AvgIpc) is 3.04. The van der Waals surface area contributed by atoms with E-state index in [9.17, 15) is 19.2 Å². The van der Waals surface area contributed by atoms with E-state index in [0.717, 1.165) is 0 Å². The standard InChI is InChI=1S/C23H28N2O6/c1-6-30-23(29)20-14(4)18(15(5)24-20)17(26)12-31-22(28)19(13(2)3)25-21(27)16-10-8-7-9-11-16/h7-11,13,19,24H,6,12H2,1-5H3,(H,25,27)/t19-/m0/s1. The number of rotatable bonds is 9. The van der Waals surface area contributed by atoms with Crippen LogP contribution < -0.4 is 5.32 Å². The first-order valence-electron chi connectivity index (χ1n) is 10.1. The molecular formula is C23H28N2O6. The van der Waals surface area contributed by atoms with Crippen LogP contribution in [0.4, 0.5) is 0 Å². The van der Waals surface area contributed by atoms with Crippen LogP contribution >= 0.6 is 0 Å². The minimum atomic E-state index is -0.913. The molecule has 8 heteroatoms. The summed E-state index contributed by atoms with van der Waals surface area (Å²) in [7, 11) is 0. The monoisotopic (exact) mass is 428 g/mol. The van der Waals surface area contributed by atoms with Gasteiger partial charge in [0.15, 0.2) is 6.61 Å². The molecule has 0 aliphatic rings. The predicted molar refractivity (Wildman–Crippen MR) is 114 cm³/mol. The molecular weight excluding hydrogens is 400 g/mol. The largest absolute Gasteiger partial charge is 0.461 e. The number of esters is 2. The molecule has 0 unspecified atom stereocenters. The maximum atomic E-state index is 12.7. The quantitative estimate of drug-likeness (QED) is 0.469. The summed E-state index contributed by atoms with van der Waals surface area (Å²) in [6.45, 7) is 8.21. The van der Waals surface area contributed by atoms with E-state index in [-0.39, 0.29) is 23.8 Å². The molecule has 0 saturated carbocycles. The van der Waals surface area contributed by atoms with Crippen LogP contribution in [0, 0.1) is 19.8 Å². The molecule has 0 aliphatic carbocycles. The fourth-order valence-corrected chi connectivity index (χ4v) is 3.19. The third kappa shape index (κ3) is 5.81. The topological polar surface area (TPSA) is 115 Å². The molecule has 0 bridgehead atoms. The van der Waals surface area contributed by atoms with Crippen molar-refractivity contribution in [3.8, 4) is 0 Å². The molecule has 0 saturated heterocycles. The number of ketones is 1. The molecule has 166 valence electrons. The zero-order valence-electron chi connectivity index (χ0n) is 18.4. The van der Waals surface area contributed by atoms with E-state index < -0.39 is 36.3 Å². The maximum absolute atomic E-state index is 12.7. The summed E-state index contributed by atoms with van der Waals surface area (Å²) in [4.78, 5) is 52.5. The van der Waals surface area contributed by atoms with Gasteiger partial charge in [0.2, 0.25) is 5.78 Å². The van der Waals surface area contributed by atoms with Gasteiger partial charge in [-0.2, -0.15) is 0 Å². The Bertz CT molecular complexity index is 962. The Morgan fingerprint density at radius 3 is 2.26 bits per heavy atom. The molecule has 1 aromatic carbocycles. The van der Waals surface area contributed by atoms with Crippen LogP contribution in [0.25, 0.3) is 0 Å². The average molecular weight is 428 g/mol. The number of carbonyl (C=O) groups excluding carboxylic acids is 4. The van der Waals surface area contributed by atoms with E-state index >= 15 is 0 Å². The van der Waals surface area contributed by atoms with Gasteiger partial charge in [0, 0.05) is 16.8 Å². The van der Waals surface area contributed by atoms with Gasteiger partial charge in [0.1, 0.15) is 11.7 Å². The number of carbonyl (C=O) groups is 4. The van der Waals surface area contributed by atoms with Crippen molar-refractivity contribution < 1.29 is 28.7 Å². The number of hydrogen-bond donors (Lipinski definition) is 2. The highest BCUT2D eigenvalue weighted by molar-refractivity contribution is 6.04. The lowest BCUT2D eigenvalue weighted by molar-refractivity contribution is -0.145. The van der Waals surface area contributed by atoms with Crippen molar-refractivity contribution in [2.24, 2.45) is 5.92 Å². The van der Waals surface area contributed by atoms with Crippen LogP contribution in [-0.4, -0.2) is 47.9 Å². The van der Waals surface area contributed by atoms with E-state index in [0.29, 0.717) is 16.8 Å². The molecule has 0 aliphatic heterocycles. The number of H-pyrrole nitrogens is 1. The molecule has 1 amide bonds. The lowest BCUT2D eigenvalue weighted by Crippen LogP contribution is -2.45. The van der Waals surface area contributed by atoms with E-state index in [4.69, 9.17) is 9.47 Å². The number of nitrogens with one attached hydrogen (secondary N) is 2. The van der Waals surface area contributed by atoms with Crippen molar-refractivity contribution in [2.45, 2.75) is 40.7 Å². The zero-order valence-corrected chi connectivity index (χ0v) is 18.4. The van der Waals surface area contributed by atoms with Gasteiger partial charge in [0.05, 0.1) is 6.61 Å². The minimum absolute atomic E-state index is 0.198. The second-order valence-corrected chi connectivity index (χ2v) is 7.44. The SMILES string of the molecule is CCOC(=O)c1[nH]c(C)c(C(=O)COC(=O)[C@@H](NC(=O)c2ccccc2)C(C)C)c1C. The van der Waals surface area contributed by atoms with Crippen LogP contribution in [0.1, 0.15) is 63.2 Å². The molecule has 31 heavy (non-hydrogen) atoms. The molecule has 0 radical (unpaired) electrons. The van der Waals surface area contributed by atoms with Gasteiger partial charge >= 0.3 is 11.9 Å². The highest BCUT2D eigenvalue weighted by atomic mass is 16.5. The fourth-order valence-electron chi connectivity index (χ4n) is 3.19. The van der Waals surface area contributed by atoms with Gasteiger partial charge in [-0.15, -0.1) is 0 Å². The first kappa shape index (κ1) is 23.9. The second-order valence-electron chi connectivity index (χ2n) is 7.44. The van der Waals surface area contributed by atoms with Crippen LogP contribution in [0.3, 0.4) is 0 Å². The molecule has 1 heterocycles. The number of hydrogen-bond acceptors (Lipinski definition) is 6. The molecule has 0 fully saturated rings. The molecule has 1 aromatic heterocycles. The first-order chi connectivity index (χ1) is 14.7. The Kier molecular flexibility index (Phi) is 8.13. The number of Topliss-reactive ketones (excluding diaryl/α,β-unsaturated/α-hetero) is 1. The van der Waals surface area contributed by atoms with Crippen molar-refractivity contribution in [1.82, 2.24) is 10.3 Å². The number of amides is 1. The number of ether oxygens (including phenoxy) is 2. The first-order valence-corrected chi connectivity index (χ1v) is 10.1. The van der Waals surface area contributed by atoms with Gasteiger partial charge in [-0.25, -0.2) is 9.59 Å². The number of aryl methyl sites for hydroxylation is 1. The lowest BCUT2D eigenvalue weighted by atomic mass is 10.0. The number of benzene rings is 1.